The normalized spacial score (nSPS) is 18.2. The number of rotatable bonds is 2. The average Bonchev–Trinajstić information content (AvgIpc) is 3.19. The second-order valence-corrected chi connectivity index (χ2v) is 7.84. The maximum Gasteiger partial charge on any atom is 0.322 e. The molecule has 0 unspecified atom stereocenters. The predicted octanol–water partition coefficient (Wildman–Crippen LogP) is 5.22. The molecule has 0 radical (unpaired) electrons. The maximum atomic E-state index is 13.1. The molecular formula is C17H19ClFN2O2S-. The van der Waals surface area contributed by atoms with E-state index in [1.807, 2.05) is 0 Å². The van der Waals surface area contributed by atoms with Gasteiger partial charge in [0.25, 0.3) is 0 Å². The van der Waals surface area contributed by atoms with E-state index >= 15 is 0 Å². The van der Waals surface area contributed by atoms with Gasteiger partial charge in [-0.05, 0) is 67.7 Å². The summed E-state index contributed by atoms with van der Waals surface area (Å²) in [5, 5.41) is 3.64. The number of nitrogens with zero attached hydrogens (tertiary/aromatic N) is 1. The SMILES string of the molecule is C/C(F)=C(\C)[S-](=O)=NC(=O)Nc1c2c(c(Cl)c3c1CCC3)CCC2. The highest BCUT2D eigenvalue weighted by Gasteiger charge is 2.28. The quantitative estimate of drug-likeness (QED) is 0.726. The third kappa shape index (κ3) is 3.09. The molecule has 0 atom stereocenters. The number of amides is 2. The first-order chi connectivity index (χ1) is 11.4. The van der Waals surface area contributed by atoms with Gasteiger partial charge in [-0.25, -0.2) is 9.18 Å². The molecular weight excluding hydrogens is 351 g/mol. The molecule has 0 aliphatic heterocycles. The number of urea groups is 1. The first-order valence-electron chi connectivity index (χ1n) is 8.02. The molecule has 2 amide bonds. The Balaban J connectivity index is 1.97. The topological polar surface area (TPSA) is 58.5 Å². The summed E-state index contributed by atoms with van der Waals surface area (Å²) in [6.45, 7) is 2.56. The van der Waals surface area contributed by atoms with Crippen LogP contribution in [0.4, 0.5) is 14.9 Å². The predicted molar refractivity (Wildman–Crippen MR) is 94.5 cm³/mol. The lowest BCUT2D eigenvalue weighted by Gasteiger charge is -2.17. The van der Waals surface area contributed by atoms with Gasteiger partial charge in [0, 0.05) is 10.7 Å². The van der Waals surface area contributed by atoms with Crippen LogP contribution in [0, 0.1) is 0 Å². The molecule has 1 aromatic rings. The van der Waals surface area contributed by atoms with Gasteiger partial charge in [0.2, 0.25) is 0 Å². The number of anilines is 1. The first-order valence-corrected chi connectivity index (χ1v) is 9.51. The zero-order valence-corrected chi connectivity index (χ0v) is 15.2. The number of halogens is 2. The highest BCUT2D eigenvalue weighted by atomic mass is 35.5. The molecule has 130 valence electrons. The lowest BCUT2D eigenvalue weighted by atomic mass is 9.98. The van der Waals surface area contributed by atoms with Crippen LogP contribution in [0.2, 0.25) is 5.02 Å². The highest BCUT2D eigenvalue weighted by molar-refractivity contribution is 7.79. The molecule has 0 spiro atoms. The molecule has 2 aliphatic carbocycles. The molecule has 0 saturated heterocycles. The molecule has 0 saturated carbocycles. The molecule has 0 bridgehead atoms. The number of fused-ring (bicyclic) bond motifs is 2. The van der Waals surface area contributed by atoms with Crippen molar-refractivity contribution in [3.63, 3.8) is 0 Å². The molecule has 2 aliphatic rings. The van der Waals surface area contributed by atoms with Crippen molar-refractivity contribution in [1.82, 2.24) is 0 Å². The van der Waals surface area contributed by atoms with Crippen molar-refractivity contribution in [1.29, 1.82) is 0 Å². The standard InChI is InChI=1S/C17H19ClFN2O2S/c1-9(19)10(2)24(23)21-17(22)20-16-13-7-3-5-11(13)15(18)12-6-4-8-14(12)16/h3-8H2,1-2H3,(H,20,22)/q-1/b10-9-. The molecule has 1 N–H and O–H groups in total. The number of carbonyl (C=O) groups excluding carboxylic acids is 1. The van der Waals surface area contributed by atoms with Crippen molar-refractivity contribution in [2.75, 3.05) is 5.32 Å². The lowest BCUT2D eigenvalue weighted by Crippen LogP contribution is -2.12. The Morgan fingerprint density at radius 3 is 2.08 bits per heavy atom. The van der Waals surface area contributed by atoms with Crippen LogP contribution in [0.1, 0.15) is 48.9 Å². The van der Waals surface area contributed by atoms with Gasteiger partial charge in [0.05, 0.1) is 5.83 Å². The zero-order chi connectivity index (χ0) is 17.4. The minimum absolute atomic E-state index is 0.0447. The van der Waals surface area contributed by atoms with Crippen LogP contribution in [0.3, 0.4) is 0 Å². The van der Waals surface area contributed by atoms with Gasteiger partial charge in [-0.3, -0.25) is 0 Å². The van der Waals surface area contributed by atoms with Crippen molar-refractivity contribution in [3.05, 3.63) is 38.0 Å². The van der Waals surface area contributed by atoms with Gasteiger partial charge in [-0.1, -0.05) is 23.4 Å². The largest absolute Gasteiger partial charge is 0.440 e. The van der Waals surface area contributed by atoms with Gasteiger partial charge < -0.3 is 13.9 Å². The Kier molecular flexibility index (Phi) is 4.97. The summed E-state index contributed by atoms with van der Waals surface area (Å²) < 4.78 is 28.5. The van der Waals surface area contributed by atoms with Gasteiger partial charge in [0.15, 0.2) is 0 Å². The average molecular weight is 370 g/mol. The Morgan fingerprint density at radius 1 is 1.08 bits per heavy atom. The van der Waals surface area contributed by atoms with E-state index in [1.54, 1.807) is 0 Å². The van der Waals surface area contributed by atoms with E-state index in [1.165, 1.54) is 13.8 Å². The summed E-state index contributed by atoms with van der Waals surface area (Å²) in [5.74, 6) is -0.585. The molecule has 0 aromatic heterocycles. The fourth-order valence-corrected chi connectivity index (χ4v) is 4.42. The van der Waals surface area contributed by atoms with Crippen LogP contribution < -0.4 is 5.32 Å². The van der Waals surface area contributed by atoms with Gasteiger partial charge >= 0.3 is 6.03 Å². The molecule has 0 fully saturated rings. The fraction of sp³-hybridized carbons (Fsp3) is 0.471. The van der Waals surface area contributed by atoms with Crippen molar-refractivity contribution < 1.29 is 13.4 Å². The number of benzene rings is 1. The van der Waals surface area contributed by atoms with Gasteiger partial charge in [-0.15, -0.1) is 0 Å². The molecule has 7 heteroatoms. The molecule has 3 rings (SSSR count). The Hall–Kier alpha value is -1.40. The summed E-state index contributed by atoms with van der Waals surface area (Å²) in [4.78, 5) is 12.1. The van der Waals surface area contributed by atoms with Crippen molar-refractivity contribution in [2.45, 2.75) is 52.4 Å². The fourth-order valence-electron chi connectivity index (χ4n) is 3.43. The van der Waals surface area contributed by atoms with Crippen molar-refractivity contribution >= 4 is 33.9 Å². The molecule has 1 aromatic carbocycles. The third-order valence-corrected chi connectivity index (χ3v) is 6.31. The maximum absolute atomic E-state index is 13.1. The Bertz CT molecular complexity index is 802. The Labute approximate surface area is 147 Å². The smallest absolute Gasteiger partial charge is 0.322 e. The molecule has 4 nitrogen and oxygen atoms in total. The van der Waals surface area contributed by atoms with Gasteiger partial charge in [-0.2, -0.15) is 10.6 Å². The second-order valence-electron chi connectivity index (χ2n) is 6.17. The van der Waals surface area contributed by atoms with Crippen LogP contribution in [0.15, 0.2) is 15.1 Å². The number of nitrogens with one attached hydrogen (secondary N) is 1. The summed E-state index contributed by atoms with van der Waals surface area (Å²) in [5.41, 5.74) is 5.16. The second kappa shape index (κ2) is 6.84. The number of carbonyl (C=O) groups is 1. The number of allylic oxidation sites excluding steroid dienone is 2. The summed E-state index contributed by atoms with van der Waals surface area (Å²) in [7, 11) is -2.01. The van der Waals surface area contributed by atoms with E-state index in [2.05, 4.69) is 9.68 Å². The summed E-state index contributed by atoms with van der Waals surface area (Å²) in [6.07, 6.45) is 5.57. The Morgan fingerprint density at radius 2 is 1.58 bits per heavy atom. The van der Waals surface area contributed by atoms with Crippen molar-refractivity contribution in [3.8, 4) is 0 Å². The number of hydrogen-bond acceptors (Lipinski definition) is 3. The van der Waals surface area contributed by atoms with Gasteiger partial charge in [0.1, 0.15) is 0 Å². The zero-order valence-electron chi connectivity index (χ0n) is 13.7. The van der Waals surface area contributed by atoms with E-state index in [4.69, 9.17) is 11.6 Å². The van der Waals surface area contributed by atoms with E-state index in [-0.39, 0.29) is 4.91 Å². The first kappa shape index (κ1) is 17.4. The van der Waals surface area contributed by atoms with Crippen molar-refractivity contribution in [2.24, 2.45) is 4.36 Å². The highest BCUT2D eigenvalue weighted by Crippen LogP contribution is 2.44. The van der Waals surface area contributed by atoms with Crippen LogP contribution in [0.25, 0.3) is 0 Å². The van der Waals surface area contributed by atoms with E-state index in [0.717, 1.165) is 71.5 Å². The van der Waals surface area contributed by atoms with Crippen LogP contribution in [-0.4, -0.2) is 6.03 Å². The monoisotopic (exact) mass is 369 g/mol. The summed E-state index contributed by atoms with van der Waals surface area (Å²) >= 11 is 6.54. The van der Waals surface area contributed by atoms with Crippen LogP contribution in [0.5, 0.6) is 0 Å². The van der Waals surface area contributed by atoms with E-state index < -0.39 is 22.5 Å². The lowest BCUT2D eigenvalue weighted by molar-refractivity contribution is 0.260. The molecule has 24 heavy (non-hydrogen) atoms. The van der Waals surface area contributed by atoms with Crippen LogP contribution >= 0.6 is 11.6 Å². The minimum atomic E-state index is -2.01. The minimum Gasteiger partial charge on any atom is -0.440 e. The molecule has 0 heterocycles. The van der Waals surface area contributed by atoms with Crippen LogP contribution in [-0.2, 0) is 40.5 Å². The van der Waals surface area contributed by atoms with E-state index in [0.29, 0.717) is 0 Å². The summed E-state index contributed by atoms with van der Waals surface area (Å²) in [6, 6.07) is -0.709. The number of hydrogen-bond donors (Lipinski definition) is 1. The van der Waals surface area contributed by atoms with E-state index in [9.17, 15) is 13.4 Å². The third-order valence-electron chi connectivity index (χ3n) is 4.71.